The van der Waals surface area contributed by atoms with E-state index in [1.54, 1.807) is 72.5 Å². The molecule has 0 saturated carbocycles. The van der Waals surface area contributed by atoms with E-state index in [1.165, 1.54) is 21.3 Å². The molecule has 9 heteroatoms. The van der Waals surface area contributed by atoms with Crippen LogP contribution in [0.5, 0.6) is 23.0 Å². The third kappa shape index (κ3) is 5.70. The lowest BCUT2D eigenvalue weighted by Crippen LogP contribution is -3.00. The number of carbonyl (C=O) groups is 2. The van der Waals surface area contributed by atoms with Crippen molar-refractivity contribution in [1.82, 2.24) is 0 Å². The van der Waals surface area contributed by atoms with Crippen molar-refractivity contribution >= 4 is 33.9 Å². The highest BCUT2D eigenvalue weighted by atomic mass is 79.9. The number of pyridine rings is 1. The van der Waals surface area contributed by atoms with Gasteiger partial charge in [-0.3, -0.25) is 9.59 Å². The number of hydrogen-bond donors (Lipinski definition) is 0. The molecule has 0 unspecified atom stereocenters. The first-order chi connectivity index (χ1) is 17.4. The van der Waals surface area contributed by atoms with Crippen LogP contribution in [0.15, 0.2) is 66.9 Å². The molecule has 0 aliphatic rings. The van der Waals surface area contributed by atoms with Crippen LogP contribution < -0.4 is 40.5 Å². The van der Waals surface area contributed by atoms with Crippen molar-refractivity contribution in [2.75, 3.05) is 28.4 Å². The number of hydrogen-bond acceptors (Lipinski definition) is 6. The summed E-state index contributed by atoms with van der Waals surface area (Å²) in [6.45, 7) is -0.0553. The smallest absolute Gasteiger partial charge is 0.262 e. The van der Waals surface area contributed by atoms with E-state index < -0.39 is 0 Å². The molecule has 192 valence electrons. The Morgan fingerprint density at radius 2 is 1.30 bits per heavy atom. The van der Waals surface area contributed by atoms with Crippen molar-refractivity contribution in [2.45, 2.75) is 6.54 Å². The fourth-order valence-electron chi connectivity index (χ4n) is 4.02. The van der Waals surface area contributed by atoms with Gasteiger partial charge < -0.3 is 35.9 Å². The zero-order valence-corrected chi connectivity index (χ0v) is 23.1. The lowest BCUT2D eigenvalue weighted by molar-refractivity contribution is -0.683. The maximum atomic E-state index is 13.9. The molecular formula is C28H25BrClNO6. The number of Topliss-reactive ketones (excluding diaryl/α,β-unsaturated/α-hetero) is 1. The van der Waals surface area contributed by atoms with Crippen LogP contribution >= 0.6 is 11.6 Å². The van der Waals surface area contributed by atoms with Crippen LogP contribution in [0.1, 0.15) is 26.4 Å². The molecule has 37 heavy (non-hydrogen) atoms. The van der Waals surface area contributed by atoms with Gasteiger partial charge in [-0.15, -0.1) is 0 Å². The number of nitrogens with zero attached hydrogens (tertiary/aromatic N) is 1. The summed E-state index contributed by atoms with van der Waals surface area (Å²) in [4.78, 5) is 27.1. The second kappa shape index (κ2) is 12.1. The molecule has 0 fully saturated rings. The molecule has 7 nitrogen and oxygen atoms in total. The summed E-state index contributed by atoms with van der Waals surface area (Å²) in [7, 11) is 6.11. The van der Waals surface area contributed by atoms with Crippen LogP contribution in [0, 0.1) is 0 Å². The molecule has 0 aliphatic carbocycles. The number of rotatable bonds is 9. The van der Waals surface area contributed by atoms with E-state index in [-0.39, 0.29) is 35.1 Å². The predicted molar refractivity (Wildman–Crippen MR) is 136 cm³/mol. The highest BCUT2D eigenvalue weighted by molar-refractivity contribution is 6.30. The number of benzene rings is 3. The van der Waals surface area contributed by atoms with Gasteiger partial charge in [-0.25, -0.2) is 0 Å². The van der Waals surface area contributed by atoms with E-state index in [0.717, 1.165) is 5.39 Å². The third-order valence-corrected chi connectivity index (χ3v) is 6.13. The molecule has 1 aromatic heterocycles. The van der Waals surface area contributed by atoms with Crippen molar-refractivity contribution in [3.8, 4) is 23.0 Å². The Morgan fingerprint density at radius 3 is 1.92 bits per heavy atom. The number of carbonyl (C=O) groups excluding carboxylic acids is 2. The van der Waals surface area contributed by atoms with Crippen molar-refractivity contribution < 1.29 is 50.1 Å². The molecule has 0 N–H and O–H groups in total. The van der Waals surface area contributed by atoms with Gasteiger partial charge in [-0.2, -0.15) is 4.57 Å². The molecule has 1 heterocycles. The maximum Gasteiger partial charge on any atom is 0.262 e. The van der Waals surface area contributed by atoms with E-state index in [0.29, 0.717) is 50.2 Å². The Bertz CT molecular complexity index is 1460. The van der Waals surface area contributed by atoms with Gasteiger partial charge in [0.15, 0.2) is 29.2 Å². The van der Waals surface area contributed by atoms with Crippen molar-refractivity contribution in [3.63, 3.8) is 0 Å². The summed E-state index contributed by atoms with van der Waals surface area (Å²) in [5.41, 5.74) is 1.19. The van der Waals surface area contributed by atoms with E-state index in [4.69, 9.17) is 30.5 Å². The van der Waals surface area contributed by atoms with Crippen LogP contribution in [0.4, 0.5) is 0 Å². The monoisotopic (exact) mass is 585 g/mol. The Morgan fingerprint density at radius 1 is 0.730 bits per heavy atom. The van der Waals surface area contributed by atoms with Crippen LogP contribution in [0.25, 0.3) is 10.8 Å². The fraction of sp³-hybridized carbons (Fsp3) is 0.179. The topological polar surface area (TPSA) is 74.9 Å². The van der Waals surface area contributed by atoms with Crippen molar-refractivity contribution in [3.05, 3.63) is 88.7 Å². The fourth-order valence-corrected chi connectivity index (χ4v) is 4.14. The predicted octanol–water partition coefficient (Wildman–Crippen LogP) is 1.93. The minimum absolute atomic E-state index is 0. The standard InChI is InChI=1S/C28H25ClNO6.BrH/c1-33-23-10-7-19(14-24(23)34-2)28(32)27-21-15-26(36-4)25(35-3)13-18(21)11-12-30(27)16-22(31)17-5-8-20(29)9-6-17;/h5-15H,16H2,1-4H3;1H/q+1;/p-1. The van der Waals surface area contributed by atoms with Gasteiger partial charge >= 0.3 is 0 Å². The van der Waals surface area contributed by atoms with Crippen LogP contribution in [0.3, 0.4) is 0 Å². The second-order valence-corrected chi connectivity index (χ2v) is 8.35. The summed E-state index contributed by atoms with van der Waals surface area (Å²) < 4.78 is 23.3. The first kappa shape index (κ1) is 28.0. The van der Waals surface area contributed by atoms with Gasteiger partial charge in [0.25, 0.3) is 11.5 Å². The Hall–Kier alpha value is -3.62. The first-order valence-corrected chi connectivity index (χ1v) is 11.4. The molecule has 0 bridgehead atoms. The number of ether oxygens (including phenoxy) is 4. The number of fused-ring (bicyclic) bond motifs is 1. The van der Waals surface area contributed by atoms with Gasteiger partial charge in [0.05, 0.1) is 33.8 Å². The SMILES string of the molecule is COc1ccc(C(=O)c2c3cc(OC)c(OC)cc3cc[n+]2CC(=O)c2ccc(Cl)cc2)cc1OC.[Br-]. The van der Waals surface area contributed by atoms with E-state index in [9.17, 15) is 9.59 Å². The number of methoxy groups -OCH3 is 4. The minimum atomic E-state index is -0.294. The zero-order chi connectivity index (χ0) is 25.8. The Balaban J connectivity index is 0.00000380. The lowest BCUT2D eigenvalue weighted by Gasteiger charge is -2.12. The van der Waals surface area contributed by atoms with Gasteiger partial charge in [0.2, 0.25) is 12.3 Å². The van der Waals surface area contributed by atoms with E-state index in [2.05, 4.69) is 0 Å². The van der Waals surface area contributed by atoms with Gasteiger partial charge in [0.1, 0.15) is 0 Å². The second-order valence-electron chi connectivity index (χ2n) is 7.92. The van der Waals surface area contributed by atoms with Crippen LogP contribution in [-0.4, -0.2) is 40.0 Å². The molecule has 0 atom stereocenters. The molecule has 0 aliphatic heterocycles. The minimum Gasteiger partial charge on any atom is -1.00 e. The summed E-state index contributed by atoms with van der Waals surface area (Å²) in [5, 5.41) is 1.90. The molecule has 3 aromatic carbocycles. The molecule has 4 rings (SSSR count). The summed E-state index contributed by atoms with van der Waals surface area (Å²) in [6, 6.07) is 17.0. The molecule has 0 radical (unpaired) electrons. The average molecular weight is 587 g/mol. The van der Waals surface area contributed by atoms with Crippen LogP contribution in [0.2, 0.25) is 5.02 Å². The van der Waals surface area contributed by atoms with Gasteiger partial charge in [-0.1, -0.05) is 11.6 Å². The van der Waals surface area contributed by atoms with Crippen LogP contribution in [-0.2, 0) is 6.54 Å². The number of halogens is 2. The molecule has 0 spiro atoms. The Labute approximate surface area is 230 Å². The highest BCUT2D eigenvalue weighted by Gasteiger charge is 2.28. The zero-order valence-electron chi connectivity index (χ0n) is 20.7. The number of ketones is 2. The highest BCUT2D eigenvalue weighted by Crippen LogP contribution is 2.34. The average Bonchev–Trinajstić information content (AvgIpc) is 2.91. The summed E-state index contributed by atoms with van der Waals surface area (Å²) in [6.07, 6.45) is 1.72. The van der Waals surface area contributed by atoms with Gasteiger partial charge in [0, 0.05) is 22.2 Å². The summed E-state index contributed by atoms with van der Waals surface area (Å²) in [5.74, 6) is 1.46. The quantitative estimate of drug-likeness (QED) is 0.221. The third-order valence-electron chi connectivity index (χ3n) is 5.87. The van der Waals surface area contributed by atoms with Gasteiger partial charge in [-0.05, 0) is 60.0 Å². The normalized spacial score (nSPS) is 10.4. The summed E-state index contributed by atoms with van der Waals surface area (Å²) >= 11 is 5.97. The first-order valence-electron chi connectivity index (χ1n) is 11.0. The van der Waals surface area contributed by atoms with E-state index in [1.807, 2.05) is 6.07 Å². The molecule has 0 amide bonds. The maximum absolute atomic E-state index is 13.9. The molecular weight excluding hydrogens is 562 g/mol. The lowest BCUT2D eigenvalue weighted by atomic mass is 10.00. The molecule has 4 aromatic rings. The van der Waals surface area contributed by atoms with Crippen molar-refractivity contribution in [1.29, 1.82) is 0 Å². The molecule has 0 saturated heterocycles. The van der Waals surface area contributed by atoms with Crippen molar-refractivity contribution in [2.24, 2.45) is 0 Å². The van der Waals surface area contributed by atoms with E-state index >= 15 is 0 Å². The number of aromatic nitrogens is 1. The Kier molecular flexibility index (Phi) is 9.13. The largest absolute Gasteiger partial charge is 1.00 e.